The molecule has 2 heterocycles. The number of piperazine rings is 1. The molecule has 0 aromatic heterocycles. The summed E-state index contributed by atoms with van der Waals surface area (Å²) in [6.45, 7) is 2.29. The fraction of sp³-hybridized carbons (Fsp3) is 0.265. The zero-order valence-electron chi connectivity index (χ0n) is 26.0. The zero-order valence-corrected chi connectivity index (χ0v) is 26.9. The average Bonchev–Trinajstić information content (AvgIpc) is 3.04. The van der Waals surface area contributed by atoms with E-state index in [4.69, 9.17) is 0 Å². The molecule has 1 unspecified atom stereocenters. The van der Waals surface area contributed by atoms with E-state index in [1.807, 2.05) is 79.7 Å². The first kappa shape index (κ1) is 32.2. The van der Waals surface area contributed by atoms with Crippen molar-refractivity contribution in [2.75, 3.05) is 13.6 Å². The van der Waals surface area contributed by atoms with Crippen molar-refractivity contribution in [1.29, 1.82) is 0 Å². The normalized spacial score (nSPS) is 20.3. The van der Waals surface area contributed by atoms with E-state index in [-0.39, 0.29) is 43.6 Å². The van der Waals surface area contributed by atoms with Crippen molar-refractivity contribution in [3.05, 3.63) is 114 Å². The van der Waals surface area contributed by atoms with Crippen LogP contribution in [0.4, 0.5) is 4.79 Å². The second-order valence-electron chi connectivity index (χ2n) is 11.8. The van der Waals surface area contributed by atoms with E-state index in [2.05, 4.69) is 9.84 Å². The van der Waals surface area contributed by atoms with Crippen LogP contribution in [-0.2, 0) is 33.7 Å². The van der Waals surface area contributed by atoms with Gasteiger partial charge in [-0.25, -0.2) is 19.4 Å². The van der Waals surface area contributed by atoms with Crippen molar-refractivity contribution < 1.29 is 33.3 Å². The molecule has 0 aliphatic carbocycles. The molecule has 0 spiro atoms. The molecule has 47 heavy (non-hydrogen) atoms. The maximum atomic E-state index is 14.5. The van der Waals surface area contributed by atoms with Crippen molar-refractivity contribution in [3.63, 3.8) is 0 Å². The molecule has 6 rings (SSSR count). The van der Waals surface area contributed by atoms with Crippen LogP contribution in [0.5, 0.6) is 5.75 Å². The first-order valence-corrected chi connectivity index (χ1v) is 16.8. The number of amides is 4. The number of urea groups is 1. The molecule has 2 aliphatic rings. The van der Waals surface area contributed by atoms with Gasteiger partial charge < -0.3 is 19.6 Å². The van der Waals surface area contributed by atoms with Crippen molar-refractivity contribution in [2.45, 2.75) is 44.7 Å². The molecule has 0 bridgehead atoms. The molecule has 4 aromatic carbocycles. The van der Waals surface area contributed by atoms with Gasteiger partial charge in [-0.15, -0.1) is 0 Å². The fourth-order valence-electron chi connectivity index (χ4n) is 6.49. The first-order chi connectivity index (χ1) is 22.5. The highest BCUT2D eigenvalue weighted by Crippen LogP contribution is 2.38. The van der Waals surface area contributed by atoms with Gasteiger partial charge in [-0.2, -0.15) is 0 Å². The maximum absolute atomic E-state index is 14.5. The van der Waals surface area contributed by atoms with E-state index >= 15 is 0 Å². The topological polar surface area (TPSA) is 143 Å². The van der Waals surface area contributed by atoms with Gasteiger partial charge in [0.1, 0.15) is 18.0 Å². The predicted octanol–water partition coefficient (Wildman–Crippen LogP) is 3.88. The highest BCUT2D eigenvalue weighted by atomic mass is 31.2. The lowest BCUT2D eigenvalue weighted by Crippen LogP contribution is -2.78. The summed E-state index contributed by atoms with van der Waals surface area (Å²) in [5.41, 5.74) is 2.50. The SMILES string of the molecule is C[C@H]1C2N(C(=O)CN(C)N2C(=O)NCc2ccccc2)[C@@H](Cc2ccc(OP(=O)(O)O)cc2)C(=O)N1Cc1cccc2ccccc12. The summed E-state index contributed by atoms with van der Waals surface area (Å²) >= 11 is 0. The van der Waals surface area contributed by atoms with Crippen molar-refractivity contribution in [3.8, 4) is 5.75 Å². The molecule has 4 amide bonds. The number of carbonyl (C=O) groups is 3. The number of rotatable bonds is 8. The quantitative estimate of drug-likeness (QED) is 0.243. The molecule has 3 N–H and O–H groups in total. The summed E-state index contributed by atoms with van der Waals surface area (Å²) in [5, 5.41) is 8.15. The van der Waals surface area contributed by atoms with Gasteiger partial charge in [-0.05, 0) is 46.5 Å². The summed E-state index contributed by atoms with van der Waals surface area (Å²) in [6.07, 6.45) is -0.703. The number of hydrogen-bond acceptors (Lipinski definition) is 6. The highest BCUT2D eigenvalue weighted by Gasteiger charge is 2.54. The predicted molar refractivity (Wildman–Crippen MR) is 174 cm³/mol. The van der Waals surface area contributed by atoms with E-state index in [9.17, 15) is 28.7 Å². The molecular weight excluding hydrogens is 621 g/mol. The Hall–Kier alpha value is -4.74. The Labute approximate surface area is 272 Å². The zero-order chi connectivity index (χ0) is 33.3. The number of hydrogen-bond donors (Lipinski definition) is 3. The molecule has 2 saturated heterocycles. The van der Waals surface area contributed by atoms with E-state index < -0.39 is 32.1 Å². The molecule has 3 atom stereocenters. The van der Waals surface area contributed by atoms with Gasteiger partial charge in [-0.3, -0.25) is 19.4 Å². The van der Waals surface area contributed by atoms with Crippen LogP contribution in [0, 0.1) is 0 Å². The van der Waals surface area contributed by atoms with Crippen LogP contribution in [0.2, 0.25) is 0 Å². The Morgan fingerprint density at radius 3 is 2.32 bits per heavy atom. The Morgan fingerprint density at radius 1 is 0.915 bits per heavy atom. The van der Waals surface area contributed by atoms with Crippen LogP contribution in [-0.4, -0.2) is 79.3 Å². The van der Waals surface area contributed by atoms with Gasteiger partial charge in [0.15, 0.2) is 0 Å². The van der Waals surface area contributed by atoms with Crippen LogP contribution >= 0.6 is 7.82 Å². The number of phosphoric acid groups is 1. The summed E-state index contributed by atoms with van der Waals surface area (Å²) in [5.74, 6) is -0.584. The molecule has 0 radical (unpaired) electrons. The van der Waals surface area contributed by atoms with Crippen LogP contribution in [0.25, 0.3) is 10.8 Å². The number of benzene rings is 4. The van der Waals surface area contributed by atoms with E-state index in [1.54, 1.807) is 29.1 Å². The Morgan fingerprint density at radius 2 is 1.60 bits per heavy atom. The van der Waals surface area contributed by atoms with E-state index in [0.717, 1.165) is 21.9 Å². The standard InChI is InChI=1S/C34H36N5O7P/c1-23-32-38(31(40)22-36(2)39(32)34(42)35-20-25-9-4-3-5-10-25)30(19-24-15-17-28(18-16-24)46-47(43,44)45)33(41)37(23)21-27-13-8-12-26-11-6-7-14-29(26)27/h3-18,23,30,32H,19-22H2,1-2H3,(H,35,42)(H2,43,44,45)/t23-,30-,32?/m0/s1. The Balaban J connectivity index is 1.36. The molecule has 2 aliphatic heterocycles. The monoisotopic (exact) mass is 657 g/mol. The minimum atomic E-state index is -4.75. The molecule has 12 nitrogen and oxygen atoms in total. The van der Waals surface area contributed by atoms with E-state index in [1.165, 1.54) is 22.0 Å². The third-order valence-corrected chi connectivity index (χ3v) is 9.12. The van der Waals surface area contributed by atoms with Gasteiger partial charge in [0, 0.05) is 26.6 Å². The lowest BCUT2D eigenvalue weighted by molar-refractivity contribution is -0.196. The first-order valence-electron chi connectivity index (χ1n) is 15.2. The van der Waals surface area contributed by atoms with Gasteiger partial charge >= 0.3 is 13.9 Å². The Kier molecular flexibility index (Phi) is 9.03. The van der Waals surface area contributed by atoms with Crippen molar-refractivity contribution >= 4 is 36.4 Å². The average molecular weight is 658 g/mol. The number of hydrazine groups is 1. The fourth-order valence-corrected chi connectivity index (χ4v) is 6.88. The number of nitrogens with one attached hydrogen (secondary N) is 1. The van der Waals surface area contributed by atoms with Gasteiger partial charge in [0.25, 0.3) is 0 Å². The minimum Gasteiger partial charge on any atom is -0.404 e. The molecule has 2 fully saturated rings. The summed E-state index contributed by atoms with van der Waals surface area (Å²) in [6, 6.07) is 27.5. The molecule has 13 heteroatoms. The molecule has 244 valence electrons. The molecule has 0 saturated carbocycles. The second-order valence-corrected chi connectivity index (χ2v) is 13.0. The maximum Gasteiger partial charge on any atom is 0.524 e. The van der Waals surface area contributed by atoms with E-state index in [0.29, 0.717) is 5.56 Å². The number of fused-ring (bicyclic) bond motifs is 2. The lowest BCUT2D eigenvalue weighted by atomic mass is 9.94. The van der Waals surface area contributed by atoms with Crippen LogP contribution < -0.4 is 9.84 Å². The number of likely N-dealkylation sites (N-methyl/N-ethyl adjacent to an activating group) is 1. The summed E-state index contributed by atoms with van der Waals surface area (Å²) < 4.78 is 16.0. The van der Waals surface area contributed by atoms with Crippen molar-refractivity contribution in [2.24, 2.45) is 0 Å². The van der Waals surface area contributed by atoms with Crippen molar-refractivity contribution in [1.82, 2.24) is 25.1 Å². The van der Waals surface area contributed by atoms with Gasteiger partial charge in [-0.1, -0.05) is 84.9 Å². The number of carbonyl (C=O) groups excluding carboxylic acids is 3. The van der Waals surface area contributed by atoms with Gasteiger partial charge in [0.05, 0.1) is 12.6 Å². The summed E-state index contributed by atoms with van der Waals surface area (Å²) in [7, 11) is -3.07. The largest absolute Gasteiger partial charge is 0.524 e. The number of nitrogens with zero attached hydrogens (tertiary/aromatic N) is 4. The highest BCUT2D eigenvalue weighted by molar-refractivity contribution is 7.46. The minimum absolute atomic E-state index is 0.0296. The van der Waals surface area contributed by atoms with Crippen LogP contribution in [0.1, 0.15) is 23.6 Å². The molecule has 4 aromatic rings. The van der Waals surface area contributed by atoms with Gasteiger partial charge in [0.2, 0.25) is 11.8 Å². The van der Waals surface area contributed by atoms with Crippen LogP contribution in [0.15, 0.2) is 97.1 Å². The summed E-state index contributed by atoms with van der Waals surface area (Å²) in [4.78, 5) is 63.8. The second kappa shape index (κ2) is 13.2. The Bertz CT molecular complexity index is 1830. The third kappa shape index (κ3) is 6.86. The third-order valence-electron chi connectivity index (χ3n) is 8.67. The lowest BCUT2D eigenvalue weighted by Gasteiger charge is -2.57. The van der Waals surface area contributed by atoms with Crippen LogP contribution in [0.3, 0.4) is 0 Å². The smallest absolute Gasteiger partial charge is 0.404 e. The molecular formula is C34H36N5O7P. The number of phosphoric ester groups is 1.